The molecule has 0 aliphatic rings. The van der Waals surface area contributed by atoms with Crippen LogP contribution in [0.5, 0.6) is 11.5 Å². The van der Waals surface area contributed by atoms with Crippen LogP contribution in [0.25, 0.3) is 22.2 Å². The van der Waals surface area contributed by atoms with Crippen LogP contribution >= 0.6 is 27.3 Å². The number of ether oxygens (including phenoxy) is 2. The van der Waals surface area contributed by atoms with Gasteiger partial charge in [0.25, 0.3) is 5.91 Å². The Balaban J connectivity index is 1.73. The van der Waals surface area contributed by atoms with Crippen LogP contribution in [0.2, 0.25) is 0 Å². The summed E-state index contributed by atoms with van der Waals surface area (Å²) in [5, 5.41) is 4.84. The lowest BCUT2D eigenvalue weighted by Crippen LogP contribution is -2.18. The lowest BCUT2D eigenvalue weighted by molar-refractivity contribution is 0.0956. The summed E-state index contributed by atoms with van der Waals surface area (Å²) < 4.78 is 11.8. The highest BCUT2D eigenvalue weighted by Crippen LogP contribution is 2.34. The van der Waals surface area contributed by atoms with Gasteiger partial charge in [0.1, 0.15) is 11.5 Å². The zero-order valence-corrected chi connectivity index (χ0v) is 19.2. The van der Waals surface area contributed by atoms with Crippen LogP contribution in [0.15, 0.2) is 69.6 Å². The second-order valence-electron chi connectivity index (χ2n) is 6.48. The number of fused-ring (bicyclic) bond motifs is 1. The van der Waals surface area contributed by atoms with Gasteiger partial charge in [-0.25, -0.2) is 10.4 Å². The summed E-state index contributed by atoms with van der Waals surface area (Å²) in [6, 6.07) is 18.6. The van der Waals surface area contributed by atoms with Crippen LogP contribution in [-0.2, 0) is 0 Å². The van der Waals surface area contributed by atoms with E-state index < -0.39 is 0 Å². The van der Waals surface area contributed by atoms with Gasteiger partial charge in [-0.2, -0.15) is 5.10 Å². The lowest BCUT2D eigenvalue weighted by atomic mass is 10.0. The number of benzene rings is 2. The number of pyridine rings is 1. The van der Waals surface area contributed by atoms with Crippen molar-refractivity contribution in [2.75, 3.05) is 14.2 Å². The van der Waals surface area contributed by atoms with Gasteiger partial charge in [-0.1, -0.05) is 18.2 Å². The fraction of sp³-hybridized carbons (Fsp3) is 0.0870. The molecule has 0 saturated heterocycles. The van der Waals surface area contributed by atoms with E-state index >= 15 is 0 Å². The first-order valence-corrected chi connectivity index (χ1v) is 10.9. The van der Waals surface area contributed by atoms with E-state index in [4.69, 9.17) is 14.5 Å². The number of amides is 1. The van der Waals surface area contributed by atoms with Crippen LogP contribution in [0.3, 0.4) is 0 Å². The zero-order valence-electron chi connectivity index (χ0n) is 16.8. The molecule has 0 unspecified atom stereocenters. The van der Waals surface area contributed by atoms with Gasteiger partial charge in [0, 0.05) is 21.9 Å². The van der Waals surface area contributed by atoms with Crippen molar-refractivity contribution in [2.24, 2.45) is 5.10 Å². The molecule has 4 aromatic rings. The second kappa shape index (κ2) is 9.28. The van der Waals surface area contributed by atoms with Crippen molar-refractivity contribution in [3.05, 3.63) is 74.9 Å². The molecule has 1 N–H and O–H groups in total. The number of rotatable bonds is 6. The third-order valence-electron chi connectivity index (χ3n) is 4.60. The third kappa shape index (κ3) is 4.60. The minimum absolute atomic E-state index is 0.320. The summed E-state index contributed by atoms with van der Waals surface area (Å²) in [6.45, 7) is 0. The maximum absolute atomic E-state index is 13.0. The van der Waals surface area contributed by atoms with Gasteiger partial charge in [-0.3, -0.25) is 4.79 Å². The molecule has 6 nitrogen and oxygen atoms in total. The van der Waals surface area contributed by atoms with Gasteiger partial charge in [-0.05, 0) is 52.3 Å². The molecule has 0 aliphatic heterocycles. The van der Waals surface area contributed by atoms with Crippen molar-refractivity contribution < 1.29 is 14.3 Å². The van der Waals surface area contributed by atoms with E-state index in [0.29, 0.717) is 28.3 Å². The number of nitrogens with one attached hydrogen (secondary N) is 1. The average Bonchev–Trinajstić information content (AvgIpc) is 3.22. The van der Waals surface area contributed by atoms with E-state index in [1.54, 1.807) is 32.6 Å². The van der Waals surface area contributed by atoms with Crippen LogP contribution in [-0.4, -0.2) is 31.3 Å². The molecule has 31 heavy (non-hydrogen) atoms. The third-order valence-corrected chi connectivity index (χ3v) is 6.16. The monoisotopic (exact) mass is 495 g/mol. The second-order valence-corrected chi connectivity index (χ2v) is 8.97. The molecule has 0 radical (unpaired) electrons. The molecule has 0 bridgehead atoms. The Morgan fingerprint density at radius 3 is 2.68 bits per heavy atom. The normalized spacial score (nSPS) is 11.1. The van der Waals surface area contributed by atoms with Crippen LogP contribution < -0.4 is 14.9 Å². The lowest BCUT2D eigenvalue weighted by Gasteiger charge is -2.12. The van der Waals surface area contributed by atoms with E-state index in [1.165, 1.54) is 11.3 Å². The molecule has 0 aliphatic carbocycles. The van der Waals surface area contributed by atoms with Gasteiger partial charge in [0.2, 0.25) is 0 Å². The van der Waals surface area contributed by atoms with E-state index in [0.717, 1.165) is 19.6 Å². The highest BCUT2D eigenvalue weighted by molar-refractivity contribution is 9.11. The van der Waals surface area contributed by atoms with Crippen LogP contribution in [0, 0.1) is 0 Å². The predicted octanol–water partition coefficient (Wildman–Crippen LogP) is 5.51. The number of nitrogens with zero attached hydrogens (tertiary/aromatic N) is 2. The highest BCUT2D eigenvalue weighted by atomic mass is 79.9. The molecular weight excluding hydrogens is 478 g/mol. The van der Waals surface area contributed by atoms with Gasteiger partial charge < -0.3 is 9.47 Å². The van der Waals surface area contributed by atoms with Crippen LogP contribution in [0.4, 0.5) is 0 Å². The number of hydrazone groups is 1. The standard InChI is InChI=1S/C23H18BrN3O3S/c1-29-14-7-9-17(21(11-14)30-2)20-12-18(16-5-3-4-6-19(16)26-20)23(28)27-25-13-15-8-10-22(24)31-15/h3-13H,1-2H3,(H,27,28)/b25-13+. The van der Waals surface area contributed by atoms with E-state index in [9.17, 15) is 4.79 Å². The van der Waals surface area contributed by atoms with Gasteiger partial charge in [0.15, 0.2) is 0 Å². The summed E-state index contributed by atoms with van der Waals surface area (Å²) in [7, 11) is 3.19. The van der Waals surface area contributed by atoms with Crippen molar-refractivity contribution in [1.82, 2.24) is 10.4 Å². The minimum Gasteiger partial charge on any atom is -0.497 e. The topological polar surface area (TPSA) is 72.8 Å². The first-order valence-electron chi connectivity index (χ1n) is 9.30. The molecular formula is C23H18BrN3O3S. The molecule has 8 heteroatoms. The molecule has 2 heterocycles. The predicted molar refractivity (Wildman–Crippen MR) is 127 cm³/mol. The Kier molecular flexibility index (Phi) is 6.29. The molecule has 0 atom stereocenters. The smallest absolute Gasteiger partial charge is 0.272 e. The number of halogens is 1. The fourth-order valence-corrected chi connectivity index (χ4v) is 4.42. The minimum atomic E-state index is -0.320. The molecule has 2 aromatic carbocycles. The Labute approximate surface area is 191 Å². The first-order chi connectivity index (χ1) is 15.1. The Bertz CT molecular complexity index is 1290. The number of hydrogen-bond acceptors (Lipinski definition) is 6. The Hall–Kier alpha value is -3.23. The fourth-order valence-electron chi connectivity index (χ4n) is 3.12. The van der Waals surface area contributed by atoms with E-state index in [2.05, 4.69) is 26.5 Å². The number of carbonyl (C=O) groups excluding carboxylic acids is 1. The molecule has 4 rings (SSSR count). The SMILES string of the molecule is COc1ccc(-c2cc(C(=O)N/N=C/c3ccc(Br)s3)c3ccccc3n2)c(OC)c1. The molecule has 1 amide bonds. The molecule has 0 spiro atoms. The number of carbonyl (C=O) groups is 1. The number of aromatic nitrogens is 1. The average molecular weight is 496 g/mol. The van der Waals surface area contributed by atoms with E-state index in [-0.39, 0.29) is 5.91 Å². The van der Waals surface area contributed by atoms with Crippen molar-refractivity contribution in [3.63, 3.8) is 0 Å². The van der Waals surface area contributed by atoms with Gasteiger partial charge in [-0.15, -0.1) is 11.3 Å². The Morgan fingerprint density at radius 1 is 1.10 bits per heavy atom. The maximum Gasteiger partial charge on any atom is 0.272 e. The Morgan fingerprint density at radius 2 is 1.94 bits per heavy atom. The maximum atomic E-state index is 13.0. The van der Waals surface area contributed by atoms with Crippen molar-refractivity contribution in [1.29, 1.82) is 0 Å². The highest BCUT2D eigenvalue weighted by Gasteiger charge is 2.16. The number of hydrogen-bond donors (Lipinski definition) is 1. The van der Waals surface area contributed by atoms with Crippen molar-refractivity contribution in [3.8, 4) is 22.8 Å². The summed E-state index contributed by atoms with van der Waals surface area (Å²) in [5.74, 6) is 0.961. The molecule has 2 aromatic heterocycles. The number of methoxy groups -OCH3 is 2. The largest absolute Gasteiger partial charge is 0.497 e. The van der Waals surface area contributed by atoms with Gasteiger partial charge in [0.05, 0.1) is 41.0 Å². The quantitative estimate of drug-likeness (QED) is 0.282. The first kappa shape index (κ1) is 21.0. The summed E-state index contributed by atoms with van der Waals surface area (Å²) in [6.07, 6.45) is 1.62. The van der Waals surface area contributed by atoms with E-state index in [1.807, 2.05) is 48.5 Å². The van der Waals surface area contributed by atoms with Gasteiger partial charge >= 0.3 is 0 Å². The van der Waals surface area contributed by atoms with Crippen molar-refractivity contribution in [2.45, 2.75) is 0 Å². The summed E-state index contributed by atoms with van der Waals surface area (Å²) in [5.41, 5.74) is 5.17. The zero-order chi connectivity index (χ0) is 21.8. The number of para-hydroxylation sites is 1. The molecule has 0 fully saturated rings. The molecule has 156 valence electrons. The summed E-state index contributed by atoms with van der Waals surface area (Å²) in [4.78, 5) is 18.6. The van der Waals surface area contributed by atoms with Crippen LogP contribution in [0.1, 0.15) is 15.2 Å². The molecule has 0 saturated carbocycles. The van der Waals surface area contributed by atoms with Crippen molar-refractivity contribution >= 4 is 50.3 Å². The number of thiophene rings is 1. The summed E-state index contributed by atoms with van der Waals surface area (Å²) >= 11 is 4.94.